The van der Waals surface area contributed by atoms with Crippen LogP contribution in [0.25, 0.3) is 0 Å². The molecule has 7 nitrogen and oxygen atoms in total. The van der Waals surface area contributed by atoms with Crippen molar-refractivity contribution in [2.24, 2.45) is 5.92 Å². The molecule has 1 rings (SSSR count). The van der Waals surface area contributed by atoms with Gasteiger partial charge in [0.1, 0.15) is 0 Å². The first-order chi connectivity index (χ1) is 9.76. The Bertz CT molecular complexity index is 604. The Balaban J connectivity index is 2.85. The Labute approximate surface area is 127 Å². The standard InChI is InChI=1S/C12H16ClNO6S/c1-3-9(8-21(13,17)18)7-20-12-6-10(14(15)16)4-5-11(12)19-2/h4-6,9H,3,7-8H2,1-2H3. The number of methoxy groups -OCH3 is 1. The van der Waals surface area contributed by atoms with Gasteiger partial charge in [0.15, 0.2) is 11.5 Å². The van der Waals surface area contributed by atoms with Gasteiger partial charge in [-0.1, -0.05) is 6.92 Å². The van der Waals surface area contributed by atoms with Crippen LogP contribution in [0.5, 0.6) is 11.5 Å². The van der Waals surface area contributed by atoms with Crippen LogP contribution in [0, 0.1) is 16.0 Å². The van der Waals surface area contributed by atoms with Crippen LogP contribution in [-0.2, 0) is 9.05 Å². The quantitative estimate of drug-likeness (QED) is 0.411. The first kappa shape index (κ1) is 17.5. The van der Waals surface area contributed by atoms with Crippen molar-refractivity contribution >= 4 is 25.4 Å². The van der Waals surface area contributed by atoms with E-state index in [0.717, 1.165) is 0 Å². The summed E-state index contributed by atoms with van der Waals surface area (Å²) in [7, 11) is 3.00. The van der Waals surface area contributed by atoms with Crippen LogP contribution >= 0.6 is 10.7 Å². The maximum Gasteiger partial charge on any atom is 0.273 e. The molecule has 0 aromatic heterocycles. The lowest BCUT2D eigenvalue weighted by Crippen LogP contribution is -2.19. The highest BCUT2D eigenvalue weighted by Crippen LogP contribution is 2.31. The summed E-state index contributed by atoms with van der Waals surface area (Å²) in [4.78, 5) is 10.2. The number of nitro benzene ring substituents is 1. The summed E-state index contributed by atoms with van der Waals surface area (Å²) in [5, 5.41) is 10.7. The molecule has 0 spiro atoms. The van der Waals surface area contributed by atoms with Gasteiger partial charge in [0.25, 0.3) is 5.69 Å². The SMILES string of the molecule is CCC(COc1cc([N+](=O)[O-])ccc1OC)CS(=O)(=O)Cl. The molecule has 21 heavy (non-hydrogen) atoms. The summed E-state index contributed by atoms with van der Waals surface area (Å²) in [6, 6.07) is 3.96. The van der Waals surface area contributed by atoms with Crippen LogP contribution in [0.4, 0.5) is 5.69 Å². The van der Waals surface area contributed by atoms with Gasteiger partial charge in [-0.2, -0.15) is 0 Å². The third kappa shape index (κ3) is 5.76. The molecule has 0 amide bonds. The van der Waals surface area contributed by atoms with E-state index >= 15 is 0 Å². The Morgan fingerprint density at radius 3 is 2.52 bits per heavy atom. The molecule has 9 heteroatoms. The zero-order chi connectivity index (χ0) is 16.0. The van der Waals surface area contributed by atoms with Crippen molar-refractivity contribution in [3.63, 3.8) is 0 Å². The highest BCUT2D eigenvalue weighted by Gasteiger charge is 2.18. The number of nitro groups is 1. The zero-order valence-corrected chi connectivity index (χ0v) is 13.2. The van der Waals surface area contributed by atoms with Gasteiger partial charge in [0.2, 0.25) is 9.05 Å². The summed E-state index contributed by atoms with van der Waals surface area (Å²) in [5.41, 5.74) is -0.135. The van der Waals surface area contributed by atoms with Gasteiger partial charge in [-0.05, 0) is 12.5 Å². The van der Waals surface area contributed by atoms with Gasteiger partial charge in [-0.25, -0.2) is 8.42 Å². The van der Waals surface area contributed by atoms with E-state index in [-0.39, 0.29) is 29.7 Å². The Morgan fingerprint density at radius 1 is 1.38 bits per heavy atom. The van der Waals surface area contributed by atoms with E-state index < -0.39 is 14.0 Å². The monoisotopic (exact) mass is 337 g/mol. The van der Waals surface area contributed by atoms with Crippen molar-refractivity contribution in [2.45, 2.75) is 13.3 Å². The average Bonchev–Trinajstić information content (AvgIpc) is 2.41. The van der Waals surface area contributed by atoms with E-state index in [2.05, 4.69) is 0 Å². The minimum atomic E-state index is -3.62. The third-order valence-corrected chi connectivity index (χ3v) is 4.09. The van der Waals surface area contributed by atoms with Gasteiger partial charge in [0.05, 0.1) is 30.5 Å². The molecule has 118 valence electrons. The maximum atomic E-state index is 11.1. The molecular formula is C12H16ClNO6S. The molecule has 0 saturated heterocycles. The van der Waals surface area contributed by atoms with Crippen LogP contribution < -0.4 is 9.47 Å². The summed E-state index contributed by atoms with van der Waals surface area (Å²) in [6.45, 7) is 1.88. The van der Waals surface area contributed by atoms with Crippen molar-refractivity contribution in [1.82, 2.24) is 0 Å². The van der Waals surface area contributed by atoms with Gasteiger partial charge >= 0.3 is 0 Å². The molecule has 1 unspecified atom stereocenters. The Morgan fingerprint density at radius 2 is 2.05 bits per heavy atom. The third-order valence-electron chi connectivity index (χ3n) is 2.84. The lowest BCUT2D eigenvalue weighted by molar-refractivity contribution is -0.385. The maximum absolute atomic E-state index is 11.1. The normalized spacial score (nSPS) is 12.7. The molecule has 0 aliphatic heterocycles. The van der Waals surface area contributed by atoms with Crippen LogP contribution in [0.15, 0.2) is 18.2 Å². The van der Waals surface area contributed by atoms with Crippen molar-refractivity contribution in [3.8, 4) is 11.5 Å². The highest BCUT2D eigenvalue weighted by atomic mass is 35.7. The number of hydrogen-bond donors (Lipinski definition) is 0. The van der Waals surface area contributed by atoms with Crippen LogP contribution in [0.2, 0.25) is 0 Å². The van der Waals surface area contributed by atoms with E-state index in [4.69, 9.17) is 20.2 Å². The summed E-state index contributed by atoms with van der Waals surface area (Å²) >= 11 is 0. The van der Waals surface area contributed by atoms with Gasteiger partial charge < -0.3 is 9.47 Å². The molecular weight excluding hydrogens is 322 g/mol. The lowest BCUT2D eigenvalue weighted by Gasteiger charge is -2.15. The largest absolute Gasteiger partial charge is 0.493 e. The number of rotatable bonds is 8. The fraction of sp³-hybridized carbons (Fsp3) is 0.500. The second-order valence-electron chi connectivity index (χ2n) is 4.38. The Kier molecular flexibility index (Phi) is 6.22. The first-order valence-corrected chi connectivity index (χ1v) is 8.62. The van der Waals surface area contributed by atoms with E-state index in [9.17, 15) is 18.5 Å². The number of non-ortho nitro benzene ring substituents is 1. The molecule has 0 aliphatic carbocycles. The van der Waals surface area contributed by atoms with Crippen molar-refractivity contribution < 1.29 is 22.8 Å². The van der Waals surface area contributed by atoms with Crippen LogP contribution in [-0.4, -0.2) is 32.8 Å². The van der Waals surface area contributed by atoms with E-state index in [1.807, 2.05) is 0 Å². The first-order valence-electron chi connectivity index (χ1n) is 6.14. The average molecular weight is 338 g/mol. The number of ether oxygens (including phenoxy) is 2. The zero-order valence-electron chi connectivity index (χ0n) is 11.6. The number of benzene rings is 1. The molecule has 1 aromatic carbocycles. The molecule has 1 atom stereocenters. The lowest BCUT2D eigenvalue weighted by atomic mass is 10.1. The second kappa shape index (κ2) is 7.46. The minimum Gasteiger partial charge on any atom is -0.493 e. The molecule has 0 N–H and O–H groups in total. The molecule has 0 bridgehead atoms. The molecule has 1 aromatic rings. The molecule has 0 saturated carbocycles. The fourth-order valence-electron chi connectivity index (χ4n) is 1.66. The molecule has 0 heterocycles. The van der Waals surface area contributed by atoms with Crippen molar-refractivity contribution in [3.05, 3.63) is 28.3 Å². The highest BCUT2D eigenvalue weighted by molar-refractivity contribution is 8.13. The van der Waals surface area contributed by atoms with E-state index in [1.54, 1.807) is 6.92 Å². The number of halogens is 1. The van der Waals surface area contributed by atoms with E-state index in [1.165, 1.54) is 25.3 Å². The van der Waals surface area contributed by atoms with Gasteiger partial charge in [-0.3, -0.25) is 10.1 Å². The number of hydrogen-bond acceptors (Lipinski definition) is 6. The summed E-state index contributed by atoms with van der Waals surface area (Å²) in [6.07, 6.45) is 0.545. The second-order valence-corrected chi connectivity index (χ2v) is 7.20. The predicted octanol–water partition coefficient (Wildman–Crippen LogP) is 2.58. The van der Waals surface area contributed by atoms with Gasteiger partial charge in [0, 0.05) is 22.7 Å². The van der Waals surface area contributed by atoms with Crippen molar-refractivity contribution in [1.29, 1.82) is 0 Å². The summed E-state index contributed by atoms with van der Waals surface area (Å²) in [5.74, 6) is 0.000217. The Hall–Kier alpha value is -1.54. The molecule has 0 aliphatic rings. The van der Waals surface area contributed by atoms with Gasteiger partial charge in [-0.15, -0.1) is 0 Å². The minimum absolute atomic E-state index is 0.0694. The number of nitrogens with zero attached hydrogens (tertiary/aromatic N) is 1. The smallest absolute Gasteiger partial charge is 0.273 e. The summed E-state index contributed by atoms with van der Waals surface area (Å²) < 4.78 is 32.7. The topological polar surface area (TPSA) is 95.7 Å². The molecule has 0 radical (unpaired) electrons. The fourth-order valence-corrected chi connectivity index (χ4v) is 3.09. The predicted molar refractivity (Wildman–Crippen MR) is 78.6 cm³/mol. The van der Waals surface area contributed by atoms with Crippen LogP contribution in [0.1, 0.15) is 13.3 Å². The van der Waals surface area contributed by atoms with E-state index in [0.29, 0.717) is 12.2 Å². The molecule has 0 fully saturated rings. The van der Waals surface area contributed by atoms with Crippen LogP contribution in [0.3, 0.4) is 0 Å². The van der Waals surface area contributed by atoms with Crippen molar-refractivity contribution in [2.75, 3.05) is 19.5 Å².